The molecular weight excluding hydrogens is 278 g/mol. The molecular formula is C13H13N3O5. The van der Waals surface area contributed by atoms with Gasteiger partial charge in [0.1, 0.15) is 0 Å². The Bertz CT molecular complexity index is 626. The minimum Gasteiger partial charge on any atom is -0.481 e. The van der Waals surface area contributed by atoms with Gasteiger partial charge in [0.05, 0.1) is 11.1 Å². The molecule has 21 heavy (non-hydrogen) atoms. The Morgan fingerprint density at radius 2 is 1.86 bits per heavy atom. The third-order valence-corrected chi connectivity index (χ3v) is 2.85. The SMILES string of the molecule is O=C(O)CCCNC(=O)Nc1ccc2c(c1)C(=O)NC2=O. The van der Waals surface area contributed by atoms with E-state index in [1.54, 1.807) is 0 Å². The van der Waals surface area contributed by atoms with E-state index >= 15 is 0 Å². The number of aliphatic carboxylic acids is 1. The first-order valence-corrected chi connectivity index (χ1v) is 6.24. The molecule has 1 aromatic carbocycles. The van der Waals surface area contributed by atoms with Crippen molar-refractivity contribution >= 4 is 29.5 Å². The molecule has 1 aliphatic rings. The van der Waals surface area contributed by atoms with E-state index < -0.39 is 23.8 Å². The lowest BCUT2D eigenvalue weighted by molar-refractivity contribution is -0.137. The van der Waals surface area contributed by atoms with E-state index in [4.69, 9.17) is 5.11 Å². The van der Waals surface area contributed by atoms with Gasteiger partial charge in [0.25, 0.3) is 11.8 Å². The van der Waals surface area contributed by atoms with E-state index in [9.17, 15) is 19.2 Å². The Kier molecular flexibility index (Phi) is 4.17. The number of fused-ring (bicyclic) bond motifs is 1. The topological polar surface area (TPSA) is 125 Å². The monoisotopic (exact) mass is 291 g/mol. The molecule has 0 radical (unpaired) electrons. The summed E-state index contributed by atoms with van der Waals surface area (Å²) in [6.45, 7) is 0.224. The van der Waals surface area contributed by atoms with Gasteiger partial charge >= 0.3 is 12.0 Å². The quantitative estimate of drug-likeness (QED) is 0.466. The van der Waals surface area contributed by atoms with E-state index in [0.717, 1.165) is 0 Å². The molecule has 1 aliphatic heterocycles. The molecule has 1 aromatic rings. The Hall–Kier alpha value is -2.90. The zero-order valence-corrected chi connectivity index (χ0v) is 10.9. The van der Waals surface area contributed by atoms with Crippen LogP contribution in [0.2, 0.25) is 0 Å². The van der Waals surface area contributed by atoms with Crippen molar-refractivity contribution in [2.75, 3.05) is 11.9 Å². The van der Waals surface area contributed by atoms with E-state index in [1.807, 2.05) is 0 Å². The molecule has 0 aliphatic carbocycles. The first-order valence-electron chi connectivity index (χ1n) is 6.24. The number of carboxylic acid groups (broad SMARTS) is 1. The van der Waals surface area contributed by atoms with Crippen molar-refractivity contribution in [3.63, 3.8) is 0 Å². The van der Waals surface area contributed by atoms with Gasteiger partial charge in [0.2, 0.25) is 0 Å². The molecule has 0 aromatic heterocycles. The normalized spacial score (nSPS) is 12.6. The summed E-state index contributed by atoms with van der Waals surface area (Å²) in [7, 11) is 0. The molecule has 4 N–H and O–H groups in total. The van der Waals surface area contributed by atoms with E-state index in [-0.39, 0.29) is 24.1 Å². The number of carbonyl (C=O) groups is 4. The van der Waals surface area contributed by atoms with Crippen molar-refractivity contribution in [3.8, 4) is 0 Å². The van der Waals surface area contributed by atoms with Gasteiger partial charge in [-0.25, -0.2) is 4.79 Å². The fourth-order valence-electron chi connectivity index (χ4n) is 1.86. The van der Waals surface area contributed by atoms with E-state index in [1.165, 1.54) is 18.2 Å². The predicted octanol–water partition coefficient (Wildman–Crippen LogP) is 0.556. The number of benzene rings is 1. The summed E-state index contributed by atoms with van der Waals surface area (Å²) in [5, 5.41) is 15.6. The summed E-state index contributed by atoms with van der Waals surface area (Å²) < 4.78 is 0. The van der Waals surface area contributed by atoms with Crippen LogP contribution in [-0.4, -0.2) is 35.5 Å². The summed E-state index contributed by atoms with van der Waals surface area (Å²) in [6.07, 6.45) is 0.297. The van der Waals surface area contributed by atoms with E-state index in [0.29, 0.717) is 12.1 Å². The molecule has 8 heteroatoms. The lowest BCUT2D eigenvalue weighted by atomic mass is 10.1. The van der Waals surface area contributed by atoms with Crippen LogP contribution >= 0.6 is 0 Å². The molecule has 1 heterocycles. The zero-order valence-electron chi connectivity index (χ0n) is 10.9. The molecule has 0 saturated heterocycles. The number of hydrogen-bond donors (Lipinski definition) is 4. The maximum absolute atomic E-state index is 11.6. The van der Waals surface area contributed by atoms with Gasteiger partial charge in [0, 0.05) is 18.7 Å². The van der Waals surface area contributed by atoms with Crippen molar-refractivity contribution in [2.45, 2.75) is 12.8 Å². The van der Waals surface area contributed by atoms with Crippen LogP contribution in [0.1, 0.15) is 33.6 Å². The molecule has 4 amide bonds. The minimum atomic E-state index is -0.925. The third-order valence-electron chi connectivity index (χ3n) is 2.85. The maximum atomic E-state index is 11.6. The summed E-state index contributed by atoms with van der Waals surface area (Å²) >= 11 is 0. The first-order chi connectivity index (χ1) is 9.97. The molecule has 8 nitrogen and oxygen atoms in total. The largest absolute Gasteiger partial charge is 0.481 e. The maximum Gasteiger partial charge on any atom is 0.319 e. The highest BCUT2D eigenvalue weighted by Gasteiger charge is 2.26. The summed E-state index contributed by atoms with van der Waals surface area (Å²) in [5.41, 5.74) is 0.852. The average molecular weight is 291 g/mol. The van der Waals surface area contributed by atoms with Crippen LogP contribution in [0.5, 0.6) is 0 Å². The van der Waals surface area contributed by atoms with Crippen molar-refractivity contribution in [1.29, 1.82) is 0 Å². The Balaban J connectivity index is 1.90. The summed E-state index contributed by atoms with van der Waals surface area (Å²) in [4.78, 5) is 44.7. The van der Waals surface area contributed by atoms with Gasteiger partial charge in [-0.1, -0.05) is 0 Å². The Morgan fingerprint density at radius 3 is 2.57 bits per heavy atom. The van der Waals surface area contributed by atoms with Crippen molar-refractivity contribution in [3.05, 3.63) is 29.3 Å². The molecule has 0 saturated carbocycles. The molecule has 0 fully saturated rings. The second-order valence-electron chi connectivity index (χ2n) is 4.42. The van der Waals surface area contributed by atoms with Crippen LogP contribution in [0.25, 0.3) is 0 Å². The lowest BCUT2D eigenvalue weighted by Crippen LogP contribution is -2.29. The van der Waals surface area contributed by atoms with Gasteiger partial charge in [-0.05, 0) is 24.6 Å². The highest BCUT2D eigenvalue weighted by Crippen LogP contribution is 2.20. The number of imide groups is 1. The highest BCUT2D eigenvalue weighted by atomic mass is 16.4. The van der Waals surface area contributed by atoms with Crippen molar-refractivity contribution in [2.24, 2.45) is 0 Å². The molecule has 0 bridgehead atoms. The van der Waals surface area contributed by atoms with Gasteiger partial charge in [0.15, 0.2) is 0 Å². The van der Waals surface area contributed by atoms with Gasteiger partial charge in [-0.2, -0.15) is 0 Å². The lowest BCUT2D eigenvalue weighted by Gasteiger charge is -2.07. The van der Waals surface area contributed by atoms with Gasteiger partial charge in [-0.3, -0.25) is 19.7 Å². The van der Waals surface area contributed by atoms with Crippen LogP contribution in [0.4, 0.5) is 10.5 Å². The van der Waals surface area contributed by atoms with E-state index in [2.05, 4.69) is 16.0 Å². The number of amides is 4. The number of hydrogen-bond acceptors (Lipinski definition) is 4. The van der Waals surface area contributed by atoms with Crippen molar-refractivity contribution < 1.29 is 24.3 Å². The number of nitrogens with one attached hydrogen (secondary N) is 3. The minimum absolute atomic E-state index is 0.0264. The third kappa shape index (κ3) is 3.56. The number of carbonyl (C=O) groups excluding carboxylic acids is 3. The summed E-state index contributed by atoms with van der Waals surface area (Å²) in [5.74, 6) is -1.88. The number of rotatable bonds is 5. The van der Waals surface area contributed by atoms with Crippen LogP contribution in [0.3, 0.4) is 0 Å². The Labute approximate surface area is 119 Å². The fraction of sp³-hybridized carbons (Fsp3) is 0.231. The average Bonchev–Trinajstić information content (AvgIpc) is 2.70. The highest BCUT2D eigenvalue weighted by molar-refractivity contribution is 6.21. The van der Waals surface area contributed by atoms with Crippen molar-refractivity contribution in [1.82, 2.24) is 10.6 Å². The second-order valence-corrected chi connectivity index (χ2v) is 4.42. The second kappa shape index (κ2) is 6.04. The molecule has 0 unspecified atom stereocenters. The zero-order chi connectivity index (χ0) is 15.4. The standard InChI is InChI=1S/C13H13N3O5/c17-10(18)2-1-5-14-13(21)15-7-3-4-8-9(6-7)12(20)16-11(8)19/h3-4,6H,1-2,5H2,(H,17,18)(H2,14,15,21)(H,16,19,20). The predicted molar refractivity (Wildman–Crippen MR) is 72.1 cm³/mol. The molecule has 110 valence electrons. The number of urea groups is 1. The van der Waals surface area contributed by atoms with Gasteiger partial charge < -0.3 is 15.7 Å². The molecule has 0 spiro atoms. The Morgan fingerprint density at radius 1 is 1.14 bits per heavy atom. The number of anilines is 1. The van der Waals surface area contributed by atoms with Crippen LogP contribution in [0.15, 0.2) is 18.2 Å². The smallest absolute Gasteiger partial charge is 0.319 e. The molecule has 0 atom stereocenters. The summed E-state index contributed by atoms with van der Waals surface area (Å²) in [6, 6.07) is 3.86. The molecule has 2 rings (SSSR count). The van der Waals surface area contributed by atoms with Crippen LogP contribution in [0, 0.1) is 0 Å². The van der Waals surface area contributed by atoms with Gasteiger partial charge in [-0.15, -0.1) is 0 Å². The fourth-order valence-corrected chi connectivity index (χ4v) is 1.86. The first kappa shape index (κ1) is 14.5. The number of carboxylic acids is 1. The van der Waals surface area contributed by atoms with Crippen LogP contribution < -0.4 is 16.0 Å². The van der Waals surface area contributed by atoms with Crippen LogP contribution in [-0.2, 0) is 4.79 Å².